The van der Waals surface area contributed by atoms with Crippen molar-refractivity contribution in [1.82, 2.24) is 0 Å². The molecule has 1 nitrogen and oxygen atoms in total. The van der Waals surface area contributed by atoms with Gasteiger partial charge < -0.3 is 4.42 Å². The van der Waals surface area contributed by atoms with Gasteiger partial charge in [-0.2, -0.15) is 0 Å². The predicted molar refractivity (Wildman–Crippen MR) is 183 cm³/mol. The first-order valence-electron chi connectivity index (χ1n) is 16.4. The van der Waals surface area contributed by atoms with E-state index in [1.54, 1.807) is 0 Å². The van der Waals surface area contributed by atoms with E-state index >= 15 is 0 Å². The Hall–Kier alpha value is -5.66. The van der Waals surface area contributed by atoms with Crippen LogP contribution in [0.3, 0.4) is 0 Å². The van der Waals surface area contributed by atoms with Crippen molar-refractivity contribution in [3.63, 3.8) is 0 Å². The average Bonchev–Trinajstić information content (AvgIpc) is 3.49. The Balaban J connectivity index is 1.37. The summed E-state index contributed by atoms with van der Waals surface area (Å²) in [5, 5.41) is 8.23. The quantitative estimate of drug-likeness (QED) is 0.199. The molecule has 9 aromatic rings. The highest BCUT2D eigenvalue weighted by Crippen LogP contribution is 2.45. The van der Waals surface area contributed by atoms with Crippen molar-refractivity contribution >= 4 is 54.3 Å². The van der Waals surface area contributed by atoms with Crippen molar-refractivity contribution in [3.05, 3.63) is 158 Å². The van der Waals surface area contributed by atoms with Gasteiger partial charge in [-0.15, -0.1) is 0 Å². The number of rotatable bonds is 3. The van der Waals surface area contributed by atoms with Crippen LogP contribution in [0.15, 0.2) is 162 Å². The SMILES string of the molecule is [2H]c1c([2H])c(-c2ccccc2)c([2H])c(-c2c3ccccc3c(-c3ccc4c(c3)oc3ccc5ccccc5c34)c3ccccc23)c1[2H]. The van der Waals surface area contributed by atoms with Crippen molar-refractivity contribution in [2.45, 2.75) is 0 Å². The van der Waals surface area contributed by atoms with E-state index < -0.39 is 0 Å². The van der Waals surface area contributed by atoms with Crippen molar-refractivity contribution in [2.75, 3.05) is 0 Å². The molecule has 9 rings (SSSR count). The summed E-state index contributed by atoms with van der Waals surface area (Å²) in [6.45, 7) is 0. The average molecular weight is 551 g/mol. The molecule has 0 N–H and O–H groups in total. The molecule has 0 saturated carbocycles. The molecule has 0 aliphatic carbocycles. The van der Waals surface area contributed by atoms with Crippen LogP contribution in [0.25, 0.3) is 87.6 Å². The van der Waals surface area contributed by atoms with Gasteiger partial charge in [0, 0.05) is 10.8 Å². The Labute approximate surface area is 254 Å². The fourth-order valence-electron chi connectivity index (χ4n) is 6.63. The standard InChI is InChI=1S/C42H26O/c1-2-11-27(12-3-1)29-14-10-15-30(25-29)40-33-17-6-8-19-35(33)41(36-20-9-7-18-34(36)40)31-21-23-37-39(26-31)43-38-24-22-28-13-4-5-16-32(28)42(37)38/h1-26H/i10D,14D,15D,25D. The van der Waals surface area contributed by atoms with Crippen LogP contribution in [-0.2, 0) is 0 Å². The van der Waals surface area contributed by atoms with Gasteiger partial charge in [0.15, 0.2) is 0 Å². The molecule has 8 aromatic carbocycles. The molecule has 1 heteroatoms. The molecule has 0 aliphatic rings. The molecule has 0 atom stereocenters. The lowest BCUT2D eigenvalue weighted by atomic mass is 9.85. The minimum atomic E-state index is -0.185. The summed E-state index contributed by atoms with van der Waals surface area (Å²) in [6.07, 6.45) is 0. The monoisotopic (exact) mass is 550 g/mol. The maximum atomic E-state index is 9.43. The third-order valence-corrected chi connectivity index (χ3v) is 8.52. The fraction of sp³-hybridized carbons (Fsp3) is 0. The number of furan rings is 1. The molecule has 200 valence electrons. The number of fused-ring (bicyclic) bond motifs is 7. The van der Waals surface area contributed by atoms with Crippen LogP contribution in [0.1, 0.15) is 5.48 Å². The van der Waals surface area contributed by atoms with Crippen LogP contribution in [-0.4, -0.2) is 0 Å². The first kappa shape index (κ1) is 20.3. The minimum Gasteiger partial charge on any atom is -0.456 e. The maximum absolute atomic E-state index is 9.43. The van der Waals surface area contributed by atoms with E-state index in [1.807, 2.05) is 72.8 Å². The highest BCUT2D eigenvalue weighted by atomic mass is 16.3. The van der Waals surface area contributed by atoms with Crippen LogP contribution >= 0.6 is 0 Å². The van der Waals surface area contributed by atoms with E-state index in [-0.39, 0.29) is 24.2 Å². The van der Waals surface area contributed by atoms with Gasteiger partial charge in [0.05, 0.1) is 5.48 Å². The molecule has 0 saturated heterocycles. The Morgan fingerprint density at radius 2 is 1.02 bits per heavy atom. The fourth-order valence-corrected chi connectivity index (χ4v) is 6.63. The number of hydrogen-bond acceptors (Lipinski definition) is 1. The first-order chi connectivity index (χ1) is 23.0. The third kappa shape index (κ3) is 3.72. The van der Waals surface area contributed by atoms with Crippen molar-refractivity contribution in [1.29, 1.82) is 0 Å². The van der Waals surface area contributed by atoms with Crippen LogP contribution < -0.4 is 0 Å². The molecule has 0 bridgehead atoms. The Morgan fingerprint density at radius 1 is 0.419 bits per heavy atom. The number of hydrogen-bond donors (Lipinski definition) is 0. The maximum Gasteiger partial charge on any atom is 0.136 e. The molecular weight excluding hydrogens is 520 g/mol. The summed E-state index contributed by atoms with van der Waals surface area (Å²) in [4.78, 5) is 0. The van der Waals surface area contributed by atoms with E-state index in [9.17, 15) is 1.37 Å². The normalized spacial score (nSPS) is 13.0. The van der Waals surface area contributed by atoms with E-state index in [1.165, 1.54) is 5.39 Å². The second-order valence-electron chi connectivity index (χ2n) is 10.9. The molecule has 0 unspecified atom stereocenters. The van der Waals surface area contributed by atoms with E-state index in [4.69, 9.17) is 8.53 Å². The smallest absolute Gasteiger partial charge is 0.136 e. The van der Waals surface area contributed by atoms with Crippen LogP contribution in [0.5, 0.6) is 0 Å². The van der Waals surface area contributed by atoms with Gasteiger partial charge in [-0.3, -0.25) is 0 Å². The van der Waals surface area contributed by atoms with Crippen LogP contribution in [0.2, 0.25) is 0 Å². The Kier molecular flexibility index (Phi) is 4.45. The van der Waals surface area contributed by atoms with Crippen LogP contribution in [0, 0.1) is 0 Å². The van der Waals surface area contributed by atoms with E-state index in [2.05, 4.69) is 60.7 Å². The molecule has 0 spiro atoms. The Morgan fingerprint density at radius 3 is 1.74 bits per heavy atom. The lowest BCUT2D eigenvalue weighted by molar-refractivity contribution is 0.669. The summed E-state index contributed by atoms with van der Waals surface area (Å²) in [7, 11) is 0. The molecule has 0 radical (unpaired) electrons. The molecule has 0 amide bonds. The summed E-state index contributed by atoms with van der Waals surface area (Å²) >= 11 is 0. The van der Waals surface area contributed by atoms with Gasteiger partial charge >= 0.3 is 0 Å². The van der Waals surface area contributed by atoms with E-state index in [0.29, 0.717) is 16.7 Å². The zero-order valence-electron chi connectivity index (χ0n) is 27.1. The van der Waals surface area contributed by atoms with Crippen molar-refractivity contribution < 1.29 is 9.90 Å². The predicted octanol–water partition coefficient (Wildman–Crippen LogP) is 12.0. The molecule has 0 aliphatic heterocycles. The van der Waals surface area contributed by atoms with Gasteiger partial charge in [-0.1, -0.05) is 133 Å². The zero-order valence-corrected chi connectivity index (χ0v) is 23.1. The lowest BCUT2D eigenvalue weighted by Crippen LogP contribution is -1.91. The van der Waals surface area contributed by atoms with Crippen LogP contribution in [0.4, 0.5) is 0 Å². The van der Waals surface area contributed by atoms with Crippen molar-refractivity contribution in [2.24, 2.45) is 0 Å². The van der Waals surface area contributed by atoms with Crippen molar-refractivity contribution in [3.8, 4) is 33.4 Å². The zero-order chi connectivity index (χ0) is 31.8. The first-order valence-corrected chi connectivity index (χ1v) is 14.4. The highest BCUT2D eigenvalue weighted by Gasteiger charge is 2.18. The summed E-state index contributed by atoms with van der Waals surface area (Å²) in [5.74, 6) is 0. The van der Waals surface area contributed by atoms with Gasteiger partial charge in [0.25, 0.3) is 0 Å². The van der Waals surface area contributed by atoms with E-state index in [0.717, 1.165) is 65.6 Å². The third-order valence-electron chi connectivity index (χ3n) is 8.52. The van der Waals surface area contributed by atoms with Gasteiger partial charge in [0.2, 0.25) is 0 Å². The second-order valence-corrected chi connectivity index (χ2v) is 10.9. The molecule has 1 aromatic heterocycles. The molecular formula is C42H26O. The van der Waals surface area contributed by atoms with Gasteiger partial charge in [-0.05, 0) is 89.9 Å². The van der Waals surface area contributed by atoms with Gasteiger partial charge in [0.1, 0.15) is 11.2 Å². The number of benzene rings is 8. The minimum absolute atomic E-state index is 0.0844. The summed E-state index contributed by atoms with van der Waals surface area (Å²) < 4.78 is 42.6. The molecule has 1 heterocycles. The summed E-state index contributed by atoms with van der Waals surface area (Å²) in [5.41, 5.74) is 5.85. The summed E-state index contributed by atoms with van der Waals surface area (Å²) in [6, 6.07) is 44.2. The topological polar surface area (TPSA) is 13.1 Å². The molecule has 43 heavy (non-hydrogen) atoms. The molecule has 0 fully saturated rings. The highest BCUT2D eigenvalue weighted by molar-refractivity contribution is 6.23. The lowest BCUT2D eigenvalue weighted by Gasteiger charge is -2.18. The second kappa shape index (κ2) is 9.44. The largest absolute Gasteiger partial charge is 0.456 e. The Bertz CT molecular complexity index is 2670. The van der Waals surface area contributed by atoms with Gasteiger partial charge in [-0.25, -0.2) is 0 Å².